The smallest absolute Gasteiger partial charge is 0.262 e. The van der Waals surface area contributed by atoms with E-state index in [4.69, 9.17) is 11.6 Å². The number of nitrogens with zero attached hydrogens (tertiary/aromatic N) is 3. The monoisotopic (exact) mass is 439 g/mol. The van der Waals surface area contributed by atoms with Gasteiger partial charge in [0.25, 0.3) is 5.56 Å². The molecule has 2 N–H and O–H groups in total. The van der Waals surface area contributed by atoms with Crippen LogP contribution < -0.4 is 10.9 Å². The van der Waals surface area contributed by atoms with Crippen LogP contribution in [0.4, 0.5) is 0 Å². The van der Waals surface area contributed by atoms with Gasteiger partial charge in [0, 0.05) is 11.6 Å². The molecule has 0 aliphatic rings. The van der Waals surface area contributed by atoms with Gasteiger partial charge in [-0.2, -0.15) is 5.10 Å². The van der Waals surface area contributed by atoms with Crippen molar-refractivity contribution in [2.45, 2.75) is 11.6 Å². The lowest BCUT2D eigenvalue weighted by Crippen LogP contribution is -2.27. The number of H-pyrrole nitrogens is 1. The molecule has 30 heavy (non-hydrogen) atoms. The number of benzene rings is 2. The average Bonchev–Trinajstić information content (AvgIpc) is 3.19. The van der Waals surface area contributed by atoms with Gasteiger partial charge in [-0.15, -0.1) is 0 Å². The molecule has 2 heterocycles. The Labute approximate surface area is 181 Å². The molecule has 0 aliphatic heterocycles. The zero-order valence-electron chi connectivity index (χ0n) is 15.8. The molecule has 0 saturated carbocycles. The summed E-state index contributed by atoms with van der Waals surface area (Å²) < 4.78 is 1.61. The number of thioether (sulfide) groups is 1. The summed E-state index contributed by atoms with van der Waals surface area (Å²) in [6, 6.07) is 17.0. The van der Waals surface area contributed by atoms with Gasteiger partial charge in [-0.25, -0.2) is 9.67 Å². The molecule has 0 aliphatic carbocycles. The van der Waals surface area contributed by atoms with Crippen molar-refractivity contribution in [1.82, 2.24) is 25.1 Å². The number of fused-ring (bicyclic) bond motifs is 1. The molecule has 7 nitrogen and oxygen atoms in total. The molecule has 4 aromatic rings. The van der Waals surface area contributed by atoms with Crippen LogP contribution in [0, 0.1) is 0 Å². The molecule has 0 fully saturated rings. The van der Waals surface area contributed by atoms with Gasteiger partial charge in [0.15, 0.2) is 10.8 Å². The van der Waals surface area contributed by atoms with E-state index in [1.54, 1.807) is 4.68 Å². The van der Waals surface area contributed by atoms with Crippen LogP contribution in [0.2, 0.25) is 5.02 Å². The van der Waals surface area contributed by atoms with E-state index in [2.05, 4.69) is 20.4 Å². The van der Waals surface area contributed by atoms with E-state index in [-0.39, 0.29) is 17.2 Å². The van der Waals surface area contributed by atoms with Crippen LogP contribution in [0.3, 0.4) is 0 Å². The Bertz CT molecular complexity index is 1220. The fourth-order valence-corrected chi connectivity index (χ4v) is 3.72. The summed E-state index contributed by atoms with van der Waals surface area (Å²) in [5, 5.41) is 8.60. The third kappa shape index (κ3) is 4.72. The van der Waals surface area contributed by atoms with Crippen molar-refractivity contribution >= 4 is 40.3 Å². The van der Waals surface area contributed by atoms with Gasteiger partial charge in [0.1, 0.15) is 5.39 Å². The van der Waals surface area contributed by atoms with Crippen LogP contribution in [0.25, 0.3) is 16.7 Å². The SMILES string of the molecule is O=C(CSc1nc2c(cnn2-c2ccccc2)c(=O)[nH]1)NCCc1ccc(Cl)cc1. The molecule has 0 saturated heterocycles. The zero-order chi connectivity index (χ0) is 20.9. The third-order valence-corrected chi connectivity index (χ3v) is 5.53. The molecular formula is C21H18ClN5O2S. The number of carbonyl (C=O) groups is 1. The minimum atomic E-state index is -0.284. The first kappa shape index (κ1) is 20.2. The molecule has 2 aromatic heterocycles. The molecule has 0 unspecified atom stereocenters. The largest absolute Gasteiger partial charge is 0.355 e. The van der Waals surface area contributed by atoms with Crippen molar-refractivity contribution in [2.24, 2.45) is 0 Å². The summed E-state index contributed by atoms with van der Waals surface area (Å²) in [4.78, 5) is 31.7. The second kappa shape index (κ2) is 9.15. The van der Waals surface area contributed by atoms with Crippen LogP contribution in [0.5, 0.6) is 0 Å². The van der Waals surface area contributed by atoms with E-state index in [0.29, 0.717) is 34.2 Å². The number of nitrogens with one attached hydrogen (secondary N) is 2. The summed E-state index contributed by atoms with van der Waals surface area (Å²) in [5.74, 6) is 0.0161. The Morgan fingerprint density at radius 1 is 1.13 bits per heavy atom. The number of aromatic nitrogens is 4. The van der Waals surface area contributed by atoms with Crippen molar-refractivity contribution in [2.75, 3.05) is 12.3 Å². The van der Waals surface area contributed by atoms with E-state index < -0.39 is 0 Å². The van der Waals surface area contributed by atoms with Crippen LogP contribution in [0.15, 0.2) is 70.7 Å². The van der Waals surface area contributed by atoms with Gasteiger partial charge < -0.3 is 10.3 Å². The summed E-state index contributed by atoms with van der Waals surface area (Å²) in [6.45, 7) is 0.519. The highest BCUT2D eigenvalue weighted by atomic mass is 35.5. The minimum absolute atomic E-state index is 0.131. The number of hydrogen-bond donors (Lipinski definition) is 2. The maximum absolute atomic E-state index is 12.4. The first-order valence-corrected chi connectivity index (χ1v) is 10.6. The van der Waals surface area contributed by atoms with Crippen molar-refractivity contribution in [3.05, 3.63) is 81.7 Å². The lowest BCUT2D eigenvalue weighted by molar-refractivity contribution is -0.118. The first-order valence-electron chi connectivity index (χ1n) is 9.27. The topological polar surface area (TPSA) is 92.7 Å². The van der Waals surface area contributed by atoms with Gasteiger partial charge in [-0.05, 0) is 36.2 Å². The fourth-order valence-electron chi connectivity index (χ4n) is 2.91. The predicted molar refractivity (Wildman–Crippen MR) is 118 cm³/mol. The van der Waals surface area contributed by atoms with Crippen molar-refractivity contribution < 1.29 is 4.79 Å². The molecule has 9 heteroatoms. The molecule has 0 atom stereocenters. The third-order valence-electron chi connectivity index (χ3n) is 4.41. The molecule has 2 aromatic carbocycles. The number of rotatable bonds is 7. The molecule has 0 spiro atoms. The van der Waals surface area contributed by atoms with E-state index >= 15 is 0 Å². The second-order valence-electron chi connectivity index (χ2n) is 6.52. The highest BCUT2D eigenvalue weighted by molar-refractivity contribution is 7.99. The Morgan fingerprint density at radius 3 is 2.67 bits per heavy atom. The number of para-hydroxylation sites is 1. The maximum Gasteiger partial charge on any atom is 0.262 e. The van der Waals surface area contributed by atoms with Crippen molar-refractivity contribution in [1.29, 1.82) is 0 Å². The first-order chi connectivity index (χ1) is 14.6. The quantitative estimate of drug-likeness (QED) is 0.340. The number of hydrogen-bond acceptors (Lipinski definition) is 5. The predicted octanol–water partition coefficient (Wildman–Crippen LogP) is 3.21. The summed E-state index contributed by atoms with van der Waals surface area (Å²) in [7, 11) is 0. The molecule has 152 valence electrons. The Kier molecular flexibility index (Phi) is 6.15. The van der Waals surface area contributed by atoms with Gasteiger partial charge in [0.2, 0.25) is 5.91 Å². The van der Waals surface area contributed by atoms with E-state index in [1.165, 1.54) is 18.0 Å². The van der Waals surface area contributed by atoms with E-state index in [0.717, 1.165) is 11.3 Å². The van der Waals surface area contributed by atoms with Gasteiger partial charge in [-0.3, -0.25) is 9.59 Å². The molecule has 1 amide bonds. The Morgan fingerprint density at radius 2 is 1.90 bits per heavy atom. The van der Waals surface area contributed by atoms with E-state index in [9.17, 15) is 9.59 Å². The highest BCUT2D eigenvalue weighted by Gasteiger charge is 2.12. The molecular weight excluding hydrogens is 422 g/mol. The minimum Gasteiger partial charge on any atom is -0.355 e. The maximum atomic E-state index is 12.4. The lowest BCUT2D eigenvalue weighted by Gasteiger charge is -2.06. The Balaban J connectivity index is 1.39. The van der Waals surface area contributed by atoms with Gasteiger partial charge in [0.05, 0.1) is 17.6 Å². The standard InChI is InChI=1S/C21H18ClN5O2S/c22-15-8-6-14(7-9-15)10-11-23-18(28)13-30-21-25-19-17(20(29)26-21)12-24-27(19)16-4-2-1-3-5-16/h1-9,12H,10-11,13H2,(H,23,28)(H,25,26,29). The van der Waals surface area contributed by atoms with E-state index in [1.807, 2.05) is 54.6 Å². The number of halogens is 1. The Hall–Kier alpha value is -3.10. The van der Waals surface area contributed by atoms with Gasteiger partial charge in [-0.1, -0.05) is 53.7 Å². The van der Waals surface area contributed by atoms with Crippen LogP contribution in [-0.2, 0) is 11.2 Å². The van der Waals surface area contributed by atoms with Crippen molar-refractivity contribution in [3.8, 4) is 5.69 Å². The van der Waals surface area contributed by atoms with Gasteiger partial charge >= 0.3 is 0 Å². The normalized spacial score (nSPS) is 11.0. The number of amides is 1. The summed E-state index contributed by atoms with van der Waals surface area (Å²) >= 11 is 7.05. The summed E-state index contributed by atoms with van der Waals surface area (Å²) in [6.07, 6.45) is 2.21. The summed E-state index contributed by atoms with van der Waals surface area (Å²) in [5.41, 5.74) is 2.07. The van der Waals surface area contributed by atoms with Crippen LogP contribution >= 0.6 is 23.4 Å². The second-order valence-corrected chi connectivity index (χ2v) is 7.92. The van der Waals surface area contributed by atoms with Crippen molar-refractivity contribution in [3.63, 3.8) is 0 Å². The number of carbonyl (C=O) groups excluding carboxylic acids is 1. The molecule has 0 bridgehead atoms. The lowest BCUT2D eigenvalue weighted by atomic mass is 10.1. The fraction of sp³-hybridized carbons (Fsp3) is 0.143. The van der Waals surface area contributed by atoms with Crippen LogP contribution in [0.1, 0.15) is 5.56 Å². The zero-order valence-corrected chi connectivity index (χ0v) is 17.4. The number of aromatic amines is 1. The molecule has 4 rings (SSSR count). The average molecular weight is 440 g/mol. The van der Waals surface area contributed by atoms with Crippen LogP contribution in [-0.4, -0.2) is 38.0 Å². The molecule has 0 radical (unpaired) electrons. The highest BCUT2D eigenvalue weighted by Crippen LogP contribution is 2.17.